The fourth-order valence-electron chi connectivity index (χ4n) is 2.52. The van der Waals surface area contributed by atoms with Gasteiger partial charge in [-0.1, -0.05) is 6.92 Å². The van der Waals surface area contributed by atoms with E-state index in [2.05, 4.69) is 21.6 Å². The summed E-state index contributed by atoms with van der Waals surface area (Å²) in [6.07, 6.45) is 0. The van der Waals surface area contributed by atoms with Gasteiger partial charge in [-0.05, 0) is 31.2 Å². The van der Waals surface area contributed by atoms with Crippen LogP contribution in [0.15, 0.2) is 12.1 Å². The number of nitrogens with zero attached hydrogens (tertiary/aromatic N) is 2. The van der Waals surface area contributed by atoms with Crippen molar-refractivity contribution < 1.29 is 9.63 Å². The van der Waals surface area contributed by atoms with E-state index >= 15 is 0 Å². The van der Waals surface area contributed by atoms with Crippen LogP contribution in [0, 0.1) is 6.92 Å². The quantitative estimate of drug-likeness (QED) is 0.627. The molecule has 1 aromatic carbocycles. The summed E-state index contributed by atoms with van der Waals surface area (Å²) in [6.45, 7) is 9.04. The molecule has 1 aliphatic rings. The zero-order valence-corrected chi connectivity index (χ0v) is 12.1. The largest absolute Gasteiger partial charge is 0.398 e. The molecule has 110 valence electrons. The summed E-state index contributed by atoms with van der Waals surface area (Å²) in [6, 6.07) is 3.77. The van der Waals surface area contributed by atoms with Gasteiger partial charge in [-0.15, -0.1) is 0 Å². The van der Waals surface area contributed by atoms with E-state index in [0.717, 1.165) is 44.0 Å². The Morgan fingerprint density at radius 1 is 1.30 bits per heavy atom. The van der Waals surface area contributed by atoms with Crippen LogP contribution in [0.25, 0.3) is 0 Å². The molecule has 0 aliphatic carbocycles. The first-order valence-corrected chi connectivity index (χ1v) is 6.85. The zero-order chi connectivity index (χ0) is 14.7. The number of aryl methyl sites for hydroxylation is 1. The van der Waals surface area contributed by atoms with Crippen molar-refractivity contribution in [2.75, 3.05) is 43.4 Å². The van der Waals surface area contributed by atoms with Crippen LogP contribution in [0.2, 0.25) is 0 Å². The number of nitrogen functional groups attached to an aromatic ring is 1. The average molecular weight is 278 g/mol. The van der Waals surface area contributed by atoms with Gasteiger partial charge in [0.2, 0.25) is 0 Å². The fourth-order valence-corrected chi connectivity index (χ4v) is 2.52. The maximum absolute atomic E-state index is 11.7. The Hall–Kier alpha value is -1.79. The molecule has 0 saturated carbocycles. The fraction of sp³-hybridized carbons (Fsp3) is 0.500. The van der Waals surface area contributed by atoms with Crippen LogP contribution in [-0.2, 0) is 4.84 Å². The molecule has 20 heavy (non-hydrogen) atoms. The Kier molecular flexibility index (Phi) is 4.46. The van der Waals surface area contributed by atoms with Gasteiger partial charge < -0.3 is 20.4 Å². The summed E-state index contributed by atoms with van der Waals surface area (Å²) in [7, 11) is 0. The van der Waals surface area contributed by atoms with Crippen molar-refractivity contribution in [3.63, 3.8) is 0 Å². The third-order valence-electron chi connectivity index (χ3n) is 3.88. The number of hydrogen-bond donors (Lipinski definition) is 2. The Labute approximate surface area is 119 Å². The normalized spacial score (nSPS) is 16.2. The van der Waals surface area contributed by atoms with Crippen LogP contribution < -0.4 is 16.5 Å². The number of rotatable bonds is 3. The van der Waals surface area contributed by atoms with E-state index in [1.165, 1.54) is 0 Å². The SMILES string of the molecule is CCN1CCN(c2cc(C)c(N)c(C(=O)ON)c2)CC1. The average Bonchev–Trinajstić information content (AvgIpc) is 2.49. The Bertz CT molecular complexity index is 496. The van der Waals surface area contributed by atoms with Gasteiger partial charge in [0.15, 0.2) is 0 Å². The number of anilines is 2. The minimum atomic E-state index is -0.598. The van der Waals surface area contributed by atoms with Crippen molar-refractivity contribution in [3.05, 3.63) is 23.3 Å². The lowest BCUT2D eigenvalue weighted by molar-refractivity contribution is 0.0504. The first-order valence-electron chi connectivity index (χ1n) is 6.85. The molecule has 1 aliphatic heterocycles. The van der Waals surface area contributed by atoms with Crippen LogP contribution in [0.1, 0.15) is 22.8 Å². The van der Waals surface area contributed by atoms with Gasteiger partial charge >= 0.3 is 5.97 Å². The van der Waals surface area contributed by atoms with E-state index in [9.17, 15) is 4.79 Å². The number of benzene rings is 1. The number of carbonyl (C=O) groups excluding carboxylic acids is 1. The summed E-state index contributed by atoms with van der Waals surface area (Å²) in [5.41, 5.74) is 8.53. The van der Waals surface area contributed by atoms with Crippen LogP contribution in [0.5, 0.6) is 0 Å². The number of carbonyl (C=O) groups is 1. The predicted molar refractivity (Wildman–Crippen MR) is 79.5 cm³/mol. The number of likely N-dealkylation sites (N-methyl/N-ethyl adjacent to an activating group) is 1. The van der Waals surface area contributed by atoms with Gasteiger partial charge in [-0.2, -0.15) is 5.90 Å². The van der Waals surface area contributed by atoms with Crippen LogP contribution >= 0.6 is 0 Å². The second kappa shape index (κ2) is 6.11. The standard InChI is InChI=1S/C14H22N4O2/c1-3-17-4-6-18(7-5-17)11-8-10(2)13(15)12(9-11)14(19)20-16/h8-9H,3-7,15-16H2,1-2H3. The summed E-state index contributed by atoms with van der Waals surface area (Å²) in [5.74, 6) is 4.36. The molecule has 6 nitrogen and oxygen atoms in total. The first-order chi connectivity index (χ1) is 9.56. The molecule has 6 heteroatoms. The Morgan fingerprint density at radius 3 is 2.50 bits per heavy atom. The molecule has 1 heterocycles. The van der Waals surface area contributed by atoms with Crippen molar-refractivity contribution in [2.45, 2.75) is 13.8 Å². The van der Waals surface area contributed by atoms with Crippen molar-refractivity contribution >= 4 is 17.3 Å². The van der Waals surface area contributed by atoms with Gasteiger partial charge in [-0.3, -0.25) is 0 Å². The van der Waals surface area contributed by atoms with E-state index in [0.29, 0.717) is 11.3 Å². The lowest BCUT2D eigenvalue weighted by atomic mass is 10.1. The van der Waals surface area contributed by atoms with E-state index < -0.39 is 5.97 Å². The minimum Gasteiger partial charge on any atom is -0.398 e. The maximum atomic E-state index is 11.7. The third-order valence-corrected chi connectivity index (χ3v) is 3.88. The second-order valence-corrected chi connectivity index (χ2v) is 5.05. The van der Waals surface area contributed by atoms with Crippen molar-refractivity contribution in [3.8, 4) is 0 Å². The summed E-state index contributed by atoms with van der Waals surface area (Å²) in [5, 5.41) is 0. The summed E-state index contributed by atoms with van der Waals surface area (Å²) in [4.78, 5) is 20.6. The smallest absolute Gasteiger partial charge is 0.358 e. The number of hydrogen-bond acceptors (Lipinski definition) is 6. The monoisotopic (exact) mass is 278 g/mol. The highest BCUT2D eigenvalue weighted by Gasteiger charge is 2.20. The molecular formula is C14H22N4O2. The highest BCUT2D eigenvalue weighted by atomic mass is 16.7. The first kappa shape index (κ1) is 14.6. The van der Waals surface area contributed by atoms with Crippen LogP contribution in [0.3, 0.4) is 0 Å². The predicted octanol–water partition coefficient (Wildman–Crippen LogP) is 0.750. The third kappa shape index (κ3) is 2.86. The maximum Gasteiger partial charge on any atom is 0.358 e. The van der Waals surface area contributed by atoms with Gasteiger partial charge in [0.1, 0.15) is 0 Å². The number of piperazine rings is 1. The molecule has 0 amide bonds. The minimum absolute atomic E-state index is 0.334. The molecule has 2 rings (SSSR count). The molecule has 1 fully saturated rings. The van der Waals surface area contributed by atoms with Gasteiger partial charge in [0.25, 0.3) is 0 Å². The van der Waals surface area contributed by atoms with E-state index in [4.69, 9.17) is 11.6 Å². The second-order valence-electron chi connectivity index (χ2n) is 5.05. The molecule has 0 radical (unpaired) electrons. The van der Waals surface area contributed by atoms with Crippen molar-refractivity contribution in [2.24, 2.45) is 5.90 Å². The van der Waals surface area contributed by atoms with Crippen molar-refractivity contribution in [1.29, 1.82) is 0 Å². The highest BCUT2D eigenvalue weighted by Crippen LogP contribution is 2.26. The molecule has 0 spiro atoms. The molecule has 0 unspecified atom stereocenters. The highest BCUT2D eigenvalue weighted by molar-refractivity contribution is 5.97. The Morgan fingerprint density at radius 2 is 1.95 bits per heavy atom. The van der Waals surface area contributed by atoms with Crippen molar-refractivity contribution in [1.82, 2.24) is 4.90 Å². The van der Waals surface area contributed by atoms with E-state index in [-0.39, 0.29) is 0 Å². The molecule has 1 saturated heterocycles. The summed E-state index contributed by atoms with van der Waals surface area (Å²) >= 11 is 0. The lowest BCUT2D eigenvalue weighted by Crippen LogP contribution is -2.46. The van der Waals surface area contributed by atoms with Gasteiger partial charge in [-0.25, -0.2) is 4.79 Å². The number of nitrogens with two attached hydrogens (primary N) is 2. The van der Waals surface area contributed by atoms with Gasteiger partial charge in [0, 0.05) is 37.6 Å². The van der Waals surface area contributed by atoms with E-state index in [1.54, 1.807) is 6.07 Å². The lowest BCUT2D eigenvalue weighted by Gasteiger charge is -2.36. The van der Waals surface area contributed by atoms with Crippen LogP contribution in [-0.4, -0.2) is 43.6 Å². The molecule has 1 aromatic rings. The Balaban J connectivity index is 2.25. The molecule has 0 aromatic heterocycles. The van der Waals surface area contributed by atoms with Gasteiger partial charge in [0.05, 0.1) is 5.56 Å². The summed E-state index contributed by atoms with van der Waals surface area (Å²) < 4.78 is 0. The molecular weight excluding hydrogens is 256 g/mol. The molecule has 0 bridgehead atoms. The molecule has 4 N–H and O–H groups in total. The topological polar surface area (TPSA) is 84.8 Å². The zero-order valence-electron chi connectivity index (χ0n) is 12.1. The van der Waals surface area contributed by atoms with Crippen LogP contribution in [0.4, 0.5) is 11.4 Å². The molecule has 0 atom stereocenters. The van der Waals surface area contributed by atoms with E-state index in [1.807, 2.05) is 13.0 Å².